The highest BCUT2D eigenvalue weighted by atomic mass is 19.4. The first kappa shape index (κ1) is 30.5. The van der Waals surface area contributed by atoms with Crippen molar-refractivity contribution in [3.63, 3.8) is 0 Å². The van der Waals surface area contributed by atoms with E-state index in [1.54, 1.807) is 6.92 Å². The molecule has 0 unspecified atom stereocenters. The van der Waals surface area contributed by atoms with Crippen LogP contribution in [0.5, 0.6) is 11.5 Å². The van der Waals surface area contributed by atoms with Crippen molar-refractivity contribution in [2.24, 2.45) is 16.7 Å². The maximum absolute atomic E-state index is 14.8. The molecule has 1 aromatic carbocycles. The number of amides is 2. The van der Waals surface area contributed by atoms with E-state index in [0.29, 0.717) is 44.9 Å². The zero-order chi connectivity index (χ0) is 29.2. The zero-order valence-electron chi connectivity index (χ0n) is 22.5. The van der Waals surface area contributed by atoms with Crippen LogP contribution in [0.25, 0.3) is 0 Å². The summed E-state index contributed by atoms with van der Waals surface area (Å²) >= 11 is 0. The number of carbonyl (C=O) groups is 3. The minimum Gasteiger partial charge on any atom is -0.496 e. The molecule has 2 fully saturated rings. The van der Waals surface area contributed by atoms with Crippen molar-refractivity contribution < 1.29 is 46.5 Å². The van der Waals surface area contributed by atoms with Gasteiger partial charge in [-0.3, -0.25) is 14.4 Å². The van der Waals surface area contributed by atoms with Crippen LogP contribution in [0.15, 0.2) is 12.1 Å². The second kappa shape index (κ2) is 11.6. The highest BCUT2D eigenvalue weighted by Gasteiger charge is 2.48. The van der Waals surface area contributed by atoms with Gasteiger partial charge in [0, 0.05) is 18.7 Å². The molecule has 0 aliphatic heterocycles. The summed E-state index contributed by atoms with van der Waals surface area (Å²) in [6.07, 6.45) is -1.95. The summed E-state index contributed by atoms with van der Waals surface area (Å²) in [5.74, 6) is -3.80. The second-order valence-electron chi connectivity index (χ2n) is 11.4. The van der Waals surface area contributed by atoms with Crippen LogP contribution in [0.2, 0.25) is 0 Å². The molecule has 2 aliphatic carbocycles. The molecule has 2 aliphatic rings. The van der Waals surface area contributed by atoms with Gasteiger partial charge in [0.25, 0.3) is 5.91 Å². The standard InChI is InChI=1S/C27H36F4N2O6/c1-25(2,27(29,30)31)14-32-22(34)16-6-5-7-19(16)33-23(35)17-12-21(18(28)13-20(17)38-4)39-15-8-10-26(3,11-9-15)24(36)37/h12-13,15-16,19H,5-11,14H2,1-4H3,(H,32,34)(H,33,35)(H,36,37)/t15?,16-,19+,26?/m0/s1. The Kier molecular flexibility index (Phi) is 9.06. The van der Waals surface area contributed by atoms with Gasteiger partial charge in [0.05, 0.1) is 35.5 Å². The van der Waals surface area contributed by atoms with Gasteiger partial charge < -0.3 is 25.2 Å². The lowest BCUT2D eigenvalue weighted by Gasteiger charge is -2.34. The molecule has 1 aromatic rings. The van der Waals surface area contributed by atoms with E-state index in [1.165, 1.54) is 13.2 Å². The van der Waals surface area contributed by atoms with Gasteiger partial charge in [-0.05, 0) is 65.4 Å². The lowest BCUT2D eigenvalue weighted by molar-refractivity contribution is -0.209. The Bertz CT molecular complexity index is 1080. The quantitative estimate of drug-likeness (QED) is 0.372. The van der Waals surface area contributed by atoms with Gasteiger partial charge in [-0.15, -0.1) is 0 Å². The van der Waals surface area contributed by atoms with Crippen LogP contribution in [0, 0.1) is 22.6 Å². The fourth-order valence-electron chi connectivity index (χ4n) is 4.94. The summed E-state index contributed by atoms with van der Waals surface area (Å²) in [6.45, 7) is 3.07. The lowest BCUT2D eigenvalue weighted by atomic mass is 9.75. The van der Waals surface area contributed by atoms with Crippen molar-refractivity contribution in [3.8, 4) is 11.5 Å². The van der Waals surface area contributed by atoms with E-state index in [4.69, 9.17) is 9.47 Å². The molecule has 3 N–H and O–H groups in total. The predicted molar refractivity (Wildman–Crippen MR) is 133 cm³/mol. The van der Waals surface area contributed by atoms with Gasteiger partial charge in [-0.2, -0.15) is 13.2 Å². The molecule has 3 rings (SSSR count). The smallest absolute Gasteiger partial charge is 0.395 e. The number of ether oxygens (including phenoxy) is 2. The Morgan fingerprint density at radius 2 is 1.72 bits per heavy atom. The van der Waals surface area contributed by atoms with Crippen molar-refractivity contribution in [2.75, 3.05) is 13.7 Å². The van der Waals surface area contributed by atoms with Gasteiger partial charge in [-0.1, -0.05) is 6.42 Å². The fraction of sp³-hybridized carbons (Fsp3) is 0.667. The molecule has 0 radical (unpaired) electrons. The number of halogens is 4. The number of alkyl halides is 3. The van der Waals surface area contributed by atoms with Crippen molar-refractivity contribution in [2.45, 2.75) is 84.0 Å². The first-order valence-corrected chi connectivity index (χ1v) is 13.0. The molecule has 0 bridgehead atoms. The second-order valence-corrected chi connectivity index (χ2v) is 11.4. The molecule has 8 nitrogen and oxygen atoms in total. The Balaban J connectivity index is 1.69. The largest absolute Gasteiger partial charge is 0.496 e. The topological polar surface area (TPSA) is 114 Å². The Morgan fingerprint density at radius 1 is 1.08 bits per heavy atom. The minimum atomic E-state index is -4.49. The number of carboxylic acid groups (broad SMARTS) is 1. The van der Waals surface area contributed by atoms with Crippen molar-refractivity contribution >= 4 is 17.8 Å². The van der Waals surface area contributed by atoms with Gasteiger partial charge in [0.15, 0.2) is 11.6 Å². The van der Waals surface area contributed by atoms with Crippen LogP contribution in [0.1, 0.15) is 76.1 Å². The van der Waals surface area contributed by atoms with Crippen LogP contribution in [-0.2, 0) is 9.59 Å². The van der Waals surface area contributed by atoms with Crippen molar-refractivity contribution in [1.29, 1.82) is 0 Å². The van der Waals surface area contributed by atoms with E-state index in [2.05, 4.69) is 10.6 Å². The van der Waals surface area contributed by atoms with Gasteiger partial charge in [0.2, 0.25) is 5.91 Å². The number of hydrogen-bond donors (Lipinski definition) is 3. The number of rotatable bonds is 9. The Morgan fingerprint density at radius 3 is 2.28 bits per heavy atom. The monoisotopic (exact) mass is 560 g/mol. The number of nitrogens with one attached hydrogen (secondary N) is 2. The van der Waals surface area contributed by atoms with E-state index in [0.717, 1.165) is 19.9 Å². The van der Waals surface area contributed by atoms with E-state index in [1.807, 2.05) is 0 Å². The third-order valence-electron chi connectivity index (χ3n) is 7.99. The Labute approximate surface area is 224 Å². The summed E-state index contributed by atoms with van der Waals surface area (Å²) in [4.78, 5) is 37.4. The first-order valence-electron chi connectivity index (χ1n) is 13.0. The molecule has 2 saturated carbocycles. The molecule has 39 heavy (non-hydrogen) atoms. The van der Waals surface area contributed by atoms with Crippen LogP contribution in [-0.4, -0.2) is 54.9 Å². The maximum Gasteiger partial charge on any atom is 0.395 e. The summed E-state index contributed by atoms with van der Waals surface area (Å²) in [7, 11) is 1.27. The molecule has 0 heterocycles. The third kappa shape index (κ3) is 6.94. The molecule has 0 aromatic heterocycles. The van der Waals surface area contributed by atoms with Gasteiger partial charge in [-0.25, -0.2) is 4.39 Å². The first-order chi connectivity index (χ1) is 18.1. The average Bonchev–Trinajstić information content (AvgIpc) is 3.32. The highest BCUT2D eigenvalue weighted by molar-refractivity contribution is 5.98. The molecule has 2 atom stereocenters. The highest BCUT2D eigenvalue weighted by Crippen LogP contribution is 2.39. The van der Waals surface area contributed by atoms with E-state index < -0.39 is 65.2 Å². The van der Waals surface area contributed by atoms with Crippen molar-refractivity contribution in [3.05, 3.63) is 23.5 Å². The predicted octanol–water partition coefficient (Wildman–Crippen LogP) is 4.85. The number of carboxylic acids is 1. The van der Waals surface area contributed by atoms with Gasteiger partial charge in [0.1, 0.15) is 5.75 Å². The third-order valence-corrected chi connectivity index (χ3v) is 7.99. The summed E-state index contributed by atoms with van der Waals surface area (Å²) in [5, 5.41) is 14.5. The van der Waals surface area contributed by atoms with E-state index >= 15 is 0 Å². The summed E-state index contributed by atoms with van der Waals surface area (Å²) < 4.78 is 65.3. The molecular weight excluding hydrogens is 524 g/mol. The fourth-order valence-corrected chi connectivity index (χ4v) is 4.94. The maximum atomic E-state index is 14.8. The molecule has 0 saturated heterocycles. The van der Waals surface area contributed by atoms with E-state index in [9.17, 15) is 37.1 Å². The van der Waals surface area contributed by atoms with Gasteiger partial charge >= 0.3 is 12.1 Å². The van der Waals surface area contributed by atoms with Crippen LogP contribution in [0.4, 0.5) is 17.6 Å². The molecule has 218 valence electrons. The zero-order valence-corrected chi connectivity index (χ0v) is 22.5. The van der Waals surface area contributed by atoms with E-state index in [-0.39, 0.29) is 17.1 Å². The Hall–Kier alpha value is -3.05. The van der Waals surface area contributed by atoms with Crippen LogP contribution in [0.3, 0.4) is 0 Å². The van der Waals surface area contributed by atoms with Crippen LogP contribution < -0.4 is 20.1 Å². The lowest BCUT2D eigenvalue weighted by Crippen LogP contribution is -2.48. The number of hydrogen-bond acceptors (Lipinski definition) is 5. The molecular formula is C27H36F4N2O6. The minimum absolute atomic E-state index is 0.0238. The van der Waals surface area contributed by atoms with Crippen molar-refractivity contribution in [1.82, 2.24) is 10.6 Å². The normalized spacial score (nSPS) is 25.6. The number of methoxy groups -OCH3 is 1. The number of benzene rings is 1. The number of carbonyl (C=O) groups excluding carboxylic acids is 2. The molecule has 2 amide bonds. The average molecular weight is 561 g/mol. The SMILES string of the molecule is COc1cc(F)c(OC2CCC(C)(C(=O)O)CC2)cc1C(=O)N[C@@H]1CCC[C@@H]1C(=O)NCC(C)(C)C(F)(F)F. The van der Waals surface area contributed by atoms with Crippen LogP contribution >= 0.6 is 0 Å². The number of aliphatic carboxylic acids is 1. The molecule has 0 spiro atoms. The summed E-state index contributed by atoms with van der Waals surface area (Å²) in [6, 6.07) is 1.61. The molecule has 12 heteroatoms. The summed E-state index contributed by atoms with van der Waals surface area (Å²) in [5.41, 5.74) is -3.00.